The van der Waals surface area contributed by atoms with Crippen LogP contribution >= 0.6 is 0 Å². The van der Waals surface area contributed by atoms with Crippen LogP contribution in [0.5, 0.6) is 0 Å². The summed E-state index contributed by atoms with van der Waals surface area (Å²) in [5, 5.41) is 4.85. The number of benzene rings is 3. The smallest absolute Gasteiger partial charge is 0.325 e. The number of hydrogen-bond donors (Lipinski definition) is 1. The highest BCUT2D eigenvalue weighted by Crippen LogP contribution is 2.35. The predicted octanol–water partition coefficient (Wildman–Crippen LogP) is 4.77. The largest absolute Gasteiger partial charge is 0.441 e. The lowest BCUT2D eigenvalue weighted by atomic mass is 9.88. The molecule has 6 nitrogen and oxygen atoms in total. The standard InChI is InChI=1S/C25H21N3O3/c1-16-21(26-22(31-16)18-10-4-3-5-11-18)15-28-23(29)25(2,27-24(28)30)20-14-8-12-17-9-6-7-13-19(17)20/h3-14H,15H2,1-2H3,(H,27,30). The Hall–Kier alpha value is -3.93. The number of nitrogens with zero attached hydrogens (tertiary/aromatic N) is 2. The number of rotatable bonds is 4. The van der Waals surface area contributed by atoms with Crippen LogP contribution < -0.4 is 5.32 Å². The Morgan fingerprint density at radius 3 is 2.48 bits per heavy atom. The predicted molar refractivity (Wildman–Crippen MR) is 117 cm³/mol. The Morgan fingerprint density at radius 1 is 0.968 bits per heavy atom. The Balaban J connectivity index is 1.48. The first-order valence-electron chi connectivity index (χ1n) is 10.1. The van der Waals surface area contributed by atoms with Crippen molar-refractivity contribution in [1.82, 2.24) is 15.2 Å². The number of hydrogen-bond acceptors (Lipinski definition) is 4. The Kier molecular flexibility index (Phi) is 4.36. The third-order valence-electron chi connectivity index (χ3n) is 5.82. The molecule has 1 unspecified atom stereocenters. The monoisotopic (exact) mass is 411 g/mol. The molecular formula is C25H21N3O3. The number of oxazole rings is 1. The maximum Gasteiger partial charge on any atom is 0.325 e. The maximum atomic E-state index is 13.5. The number of imide groups is 1. The van der Waals surface area contributed by atoms with Gasteiger partial charge in [-0.1, -0.05) is 60.7 Å². The summed E-state index contributed by atoms with van der Waals surface area (Å²) >= 11 is 0. The van der Waals surface area contributed by atoms with Crippen LogP contribution in [0.3, 0.4) is 0 Å². The molecular weight excluding hydrogens is 390 g/mol. The van der Waals surface area contributed by atoms with Gasteiger partial charge in [-0.25, -0.2) is 9.78 Å². The van der Waals surface area contributed by atoms with Gasteiger partial charge in [0.05, 0.1) is 6.54 Å². The fraction of sp³-hybridized carbons (Fsp3) is 0.160. The van der Waals surface area contributed by atoms with Crippen molar-refractivity contribution < 1.29 is 14.0 Å². The minimum Gasteiger partial charge on any atom is -0.441 e. The molecule has 1 N–H and O–H groups in total. The molecule has 1 fully saturated rings. The molecule has 1 aromatic heterocycles. The highest BCUT2D eigenvalue weighted by atomic mass is 16.4. The summed E-state index contributed by atoms with van der Waals surface area (Å²) < 4.78 is 5.79. The van der Waals surface area contributed by atoms with Gasteiger partial charge in [-0.2, -0.15) is 0 Å². The average molecular weight is 411 g/mol. The van der Waals surface area contributed by atoms with E-state index in [0.717, 1.165) is 21.9 Å². The minimum atomic E-state index is -1.15. The molecule has 1 saturated heterocycles. The molecule has 154 valence electrons. The number of urea groups is 1. The number of aryl methyl sites for hydroxylation is 1. The summed E-state index contributed by atoms with van der Waals surface area (Å²) in [5.41, 5.74) is 1.02. The van der Waals surface area contributed by atoms with Crippen LogP contribution in [0, 0.1) is 6.92 Å². The van der Waals surface area contributed by atoms with Crippen LogP contribution in [0.2, 0.25) is 0 Å². The van der Waals surface area contributed by atoms with Crippen LogP contribution in [0.4, 0.5) is 4.79 Å². The first-order valence-corrected chi connectivity index (χ1v) is 10.1. The van der Waals surface area contributed by atoms with Crippen molar-refractivity contribution in [3.8, 4) is 11.5 Å². The molecule has 0 spiro atoms. The van der Waals surface area contributed by atoms with Crippen LogP contribution in [0.1, 0.15) is 23.9 Å². The normalized spacial score (nSPS) is 18.6. The Morgan fingerprint density at radius 2 is 1.68 bits per heavy atom. The van der Waals surface area contributed by atoms with Crippen molar-refractivity contribution in [2.45, 2.75) is 25.9 Å². The summed E-state index contributed by atoms with van der Waals surface area (Å²) in [5.74, 6) is 0.743. The molecule has 0 saturated carbocycles. The van der Waals surface area contributed by atoms with E-state index in [4.69, 9.17) is 4.42 Å². The van der Waals surface area contributed by atoms with Gasteiger partial charge in [-0.05, 0) is 42.3 Å². The SMILES string of the molecule is Cc1oc(-c2ccccc2)nc1CN1C(=O)NC(C)(c2cccc3ccccc23)C1=O. The highest BCUT2D eigenvalue weighted by molar-refractivity contribution is 6.09. The summed E-state index contributed by atoms with van der Waals surface area (Å²) in [6, 6.07) is 22.7. The van der Waals surface area contributed by atoms with E-state index >= 15 is 0 Å². The van der Waals surface area contributed by atoms with E-state index in [1.165, 1.54) is 4.90 Å². The van der Waals surface area contributed by atoms with E-state index in [2.05, 4.69) is 10.3 Å². The molecule has 1 atom stereocenters. The average Bonchev–Trinajstić information content (AvgIpc) is 3.26. The van der Waals surface area contributed by atoms with Gasteiger partial charge in [0.2, 0.25) is 5.89 Å². The molecule has 2 heterocycles. The summed E-state index contributed by atoms with van der Waals surface area (Å²) in [6.07, 6.45) is 0. The van der Waals surface area contributed by atoms with Crippen LogP contribution in [-0.4, -0.2) is 21.8 Å². The number of amides is 3. The van der Waals surface area contributed by atoms with E-state index in [9.17, 15) is 9.59 Å². The molecule has 0 radical (unpaired) electrons. The lowest BCUT2D eigenvalue weighted by molar-refractivity contribution is -0.131. The molecule has 4 aromatic rings. The fourth-order valence-electron chi connectivity index (χ4n) is 4.11. The summed E-state index contributed by atoms with van der Waals surface area (Å²) in [6.45, 7) is 3.59. The number of aromatic nitrogens is 1. The zero-order valence-corrected chi connectivity index (χ0v) is 17.3. The highest BCUT2D eigenvalue weighted by Gasteiger charge is 2.49. The third kappa shape index (κ3) is 3.08. The second-order valence-electron chi connectivity index (χ2n) is 7.86. The van der Waals surface area contributed by atoms with Gasteiger partial charge >= 0.3 is 6.03 Å². The fourth-order valence-corrected chi connectivity index (χ4v) is 4.11. The van der Waals surface area contributed by atoms with E-state index in [1.807, 2.05) is 72.8 Å². The van der Waals surface area contributed by atoms with Crippen LogP contribution in [-0.2, 0) is 16.9 Å². The molecule has 1 aliphatic heterocycles. The van der Waals surface area contributed by atoms with Gasteiger partial charge < -0.3 is 9.73 Å². The number of fused-ring (bicyclic) bond motifs is 1. The van der Waals surface area contributed by atoms with E-state index in [0.29, 0.717) is 17.3 Å². The van der Waals surface area contributed by atoms with Gasteiger partial charge in [0.1, 0.15) is 17.0 Å². The third-order valence-corrected chi connectivity index (χ3v) is 5.82. The zero-order chi connectivity index (χ0) is 21.6. The summed E-state index contributed by atoms with van der Waals surface area (Å²) in [4.78, 5) is 32.0. The Labute approximate surface area is 179 Å². The first-order chi connectivity index (χ1) is 15.0. The summed E-state index contributed by atoms with van der Waals surface area (Å²) in [7, 11) is 0. The van der Waals surface area contributed by atoms with E-state index < -0.39 is 11.6 Å². The van der Waals surface area contributed by atoms with Crippen LogP contribution in [0.15, 0.2) is 77.2 Å². The molecule has 6 heteroatoms. The minimum absolute atomic E-state index is 0.0488. The molecule has 31 heavy (non-hydrogen) atoms. The molecule has 5 rings (SSSR count). The van der Waals surface area contributed by atoms with Crippen molar-refractivity contribution in [3.63, 3.8) is 0 Å². The van der Waals surface area contributed by atoms with Crippen molar-refractivity contribution in [2.75, 3.05) is 0 Å². The van der Waals surface area contributed by atoms with Gasteiger partial charge in [-0.15, -0.1) is 0 Å². The van der Waals surface area contributed by atoms with Gasteiger partial charge in [0.15, 0.2) is 0 Å². The van der Waals surface area contributed by atoms with Crippen molar-refractivity contribution in [1.29, 1.82) is 0 Å². The molecule has 3 amide bonds. The second-order valence-corrected chi connectivity index (χ2v) is 7.86. The number of carbonyl (C=O) groups excluding carboxylic acids is 2. The van der Waals surface area contributed by atoms with Gasteiger partial charge in [0.25, 0.3) is 5.91 Å². The molecule has 3 aromatic carbocycles. The van der Waals surface area contributed by atoms with Crippen molar-refractivity contribution in [3.05, 3.63) is 89.8 Å². The topological polar surface area (TPSA) is 75.4 Å². The lowest BCUT2D eigenvalue weighted by Gasteiger charge is -2.24. The number of nitrogens with one attached hydrogen (secondary N) is 1. The molecule has 0 aliphatic carbocycles. The van der Waals surface area contributed by atoms with Gasteiger partial charge in [0, 0.05) is 5.56 Å². The quantitative estimate of drug-likeness (QED) is 0.491. The van der Waals surface area contributed by atoms with E-state index in [-0.39, 0.29) is 12.5 Å². The lowest BCUT2D eigenvalue weighted by Crippen LogP contribution is -2.41. The molecule has 0 bridgehead atoms. The number of carbonyl (C=O) groups is 2. The zero-order valence-electron chi connectivity index (χ0n) is 17.3. The maximum absolute atomic E-state index is 13.5. The second kappa shape index (κ2) is 7.09. The Bertz CT molecular complexity index is 1310. The first kappa shape index (κ1) is 19.1. The van der Waals surface area contributed by atoms with Gasteiger partial charge in [-0.3, -0.25) is 9.69 Å². The van der Waals surface area contributed by atoms with Crippen molar-refractivity contribution >= 4 is 22.7 Å². The van der Waals surface area contributed by atoms with E-state index in [1.54, 1.807) is 13.8 Å². The van der Waals surface area contributed by atoms with Crippen LogP contribution in [0.25, 0.3) is 22.2 Å². The molecule has 1 aliphatic rings. The van der Waals surface area contributed by atoms with Crippen molar-refractivity contribution in [2.24, 2.45) is 0 Å².